The van der Waals surface area contributed by atoms with Crippen LogP contribution in [0.5, 0.6) is 0 Å². The summed E-state index contributed by atoms with van der Waals surface area (Å²) in [6.45, 7) is 1.95. The van der Waals surface area contributed by atoms with Crippen LogP contribution in [0.25, 0.3) is 0 Å². The van der Waals surface area contributed by atoms with Crippen molar-refractivity contribution in [2.45, 2.75) is 24.6 Å². The Morgan fingerprint density at radius 3 is 2.15 bits per heavy atom. The second-order valence-electron chi connectivity index (χ2n) is 5.34. The van der Waals surface area contributed by atoms with Gasteiger partial charge in [0.1, 0.15) is 0 Å². The zero-order chi connectivity index (χ0) is 14.4. The van der Waals surface area contributed by atoms with Crippen LogP contribution in [-0.2, 0) is 10.9 Å². The number of piperidine rings is 1. The Kier molecular flexibility index (Phi) is 3.01. The van der Waals surface area contributed by atoms with Crippen molar-refractivity contribution in [3.63, 3.8) is 0 Å². The lowest BCUT2D eigenvalue weighted by Gasteiger charge is -2.30. The molecule has 2 heterocycles. The lowest BCUT2D eigenvalue weighted by molar-refractivity contribution is -0.137. The van der Waals surface area contributed by atoms with E-state index in [4.69, 9.17) is 4.74 Å². The molecule has 6 heteroatoms. The van der Waals surface area contributed by atoms with E-state index in [1.807, 2.05) is 0 Å². The van der Waals surface area contributed by atoms with Gasteiger partial charge < -0.3 is 9.64 Å². The Morgan fingerprint density at radius 1 is 1.15 bits per heavy atom. The molecular weight excluding hydrogens is 271 g/mol. The molecule has 20 heavy (non-hydrogen) atoms. The van der Waals surface area contributed by atoms with Gasteiger partial charge in [0.2, 0.25) is 0 Å². The molecule has 0 radical (unpaired) electrons. The van der Waals surface area contributed by atoms with Gasteiger partial charge in [0.15, 0.2) is 0 Å². The third-order valence-corrected chi connectivity index (χ3v) is 3.97. The van der Waals surface area contributed by atoms with Crippen molar-refractivity contribution in [1.82, 2.24) is 4.90 Å². The number of halogens is 3. The first-order valence-electron chi connectivity index (χ1n) is 6.50. The van der Waals surface area contributed by atoms with Crippen molar-refractivity contribution in [3.8, 4) is 0 Å². The maximum atomic E-state index is 12.5. The second-order valence-corrected chi connectivity index (χ2v) is 5.34. The molecule has 2 aliphatic rings. The fourth-order valence-corrected chi connectivity index (χ4v) is 2.49. The molecule has 2 saturated heterocycles. The Bertz CT molecular complexity index is 510. The fraction of sp³-hybridized carbons (Fsp3) is 0.500. The summed E-state index contributed by atoms with van der Waals surface area (Å²) in [4.78, 5) is 13.9. The molecule has 2 fully saturated rings. The molecule has 2 aliphatic heterocycles. The van der Waals surface area contributed by atoms with Gasteiger partial charge in [0.25, 0.3) is 5.91 Å². The highest BCUT2D eigenvalue weighted by Gasteiger charge is 2.47. The minimum Gasteiger partial charge on any atom is -0.369 e. The zero-order valence-corrected chi connectivity index (χ0v) is 10.7. The van der Waals surface area contributed by atoms with Crippen LogP contribution in [0.2, 0.25) is 0 Å². The number of ether oxygens (including phenoxy) is 1. The molecule has 1 aromatic carbocycles. The number of hydrogen-bond donors (Lipinski definition) is 0. The minimum absolute atomic E-state index is 0.0169. The van der Waals surface area contributed by atoms with Gasteiger partial charge in [-0.2, -0.15) is 13.2 Å². The first-order chi connectivity index (χ1) is 9.40. The molecule has 0 unspecified atom stereocenters. The molecule has 0 aliphatic carbocycles. The van der Waals surface area contributed by atoms with Crippen LogP contribution < -0.4 is 0 Å². The normalized spacial score (nSPS) is 21.1. The van der Waals surface area contributed by atoms with Gasteiger partial charge in [-0.3, -0.25) is 4.79 Å². The van der Waals surface area contributed by atoms with E-state index in [9.17, 15) is 18.0 Å². The molecule has 3 rings (SSSR count). The molecule has 0 atom stereocenters. The third-order valence-electron chi connectivity index (χ3n) is 3.97. The molecular formula is C14H14F3NO2. The number of nitrogens with zero attached hydrogens (tertiary/aromatic N) is 1. The molecule has 0 bridgehead atoms. The van der Waals surface area contributed by atoms with E-state index in [0.717, 1.165) is 31.6 Å². The monoisotopic (exact) mass is 285 g/mol. The molecule has 0 N–H and O–H groups in total. The van der Waals surface area contributed by atoms with Crippen LogP contribution in [0, 0.1) is 0 Å². The molecule has 0 saturated carbocycles. The number of benzene rings is 1. The van der Waals surface area contributed by atoms with Gasteiger partial charge in [-0.25, -0.2) is 0 Å². The first-order valence-corrected chi connectivity index (χ1v) is 6.50. The minimum atomic E-state index is -4.37. The molecule has 1 spiro atoms. The van der Waals surface area contributed by atoms with Gasteiger partial charge in [-0.05, 0) is 37.1 Å². The number of amides is 1. The number of alkyl halides is 3. The van der Waals surface area contributed by atoms with E-state index >= 15 is 0 Å². The Balaban J connectivity index is 1.68. The first kappa shape index (κ1) is 13.4. The second kappa shape index (κ2) is 4.48. The van der Waals surface area contributed by atoms with Crippen LogP contribution in [0.15, 0.2) is 24.3 Å². The molecule has 1 amide bonds. The Morgan fingerprint density at radius 2 is 1.70 bits per heavy atom. The number of rotatable bonds is 1. The molecule has 1 aromatic rings. The summed E-state index contributed by atoms with van der Waals surface area (Å²) in [5.74, 6) is -0.214. The van der Waals surface area contributed by atoms with Gasteiger partial charge in [-0.1, -0.05) is 0 Å². The molecule has 108 valence electrons. The maximum absolute atomic E-state index is 12.5. The third kappa shape index (κ3) is 2.52. The number of carbonyl (C=O) groups excluding carboxylic acids is 1. The fourth-order valence-electron chi connectivity index (χ4n) is 2.49. The summed E-state index contributed by atoms with van der Waals surface area (Å²) in [7, 11) is 0. The SMILES string of the molecule is O=C(c1ccc(C(F)(F)F)cc1)N1CCC2(CC1)CO2. The molecule has 0 aromatic heterocycles. The van der Waals surface area contributed by atoms with E-state index in [-0.39, 0.29) is 11.5 Å². The van der Waals surface area contributed by atoms with Gasteiger partial charge in [-0.15, -0.1) is 0 Å². The van der Waals surface area contributed by atoms with E-state index in [0.29, 0.717) is 18.7 Å². The van der Waals surface area contributed by atoms with Gasteiger partial charge in [0.05, 0.1) is 17.8 Å². The van der Waals surface area contributed by atoms with E-state index < -0.39 is 11.7 Å². The van der Waals surface area contributed by atoms with Gasteiger partial charge in [0, 0.05) is 18.7 Å². The number of hydrogen-bond acceptors (Lipinski definition) is 2. The summed E-state index contributed by atoms with van der Waals surface area (Å²) in [5.41, 5.74) is -0.458. The highest BCUT2D eigenvalue weighted by molar-refractivity contribution is 5.94. The Hall–Kier alpha value is -1.56. The lowest BCUT2D eigenvalue weighted by atomic mass is 9.97. The summed E-state index contributed by atoms with van der Waals surface area (Å²) < 4.78 is 42.7. The van der Waals surface area contributed by atoms with E-state index in [1.165, 1.54) is 12.1 Å². The highest BCUT2D eigenvalue weighted by Crippen LogP contribution is 2.38. The quantitative estimate of drug-likeness (QED) is 0.743. The van der Waals surface area contributed by atoms with Crippen LogP contribution in [0.4, 0.5) is 13.2 Å². The van der Waals surface area contributed by atoms with Crippen molar-refractivity contribution in [3.05, 3.63) is 35.4 Å². The smallest absolute Gasteiger partial charge is 0.369 e. The van der Waals surface area contributed by atoms with Crippen LogP contribution >= 0.6 is 0 Å². The Labute approximate surface area is 114 Å². The zero-order valence-electron chi connectivity index (χ0n) is 10.7. The van der Waals surface area contributed by atoms with Crippen molar-refractivity contribution in [1.29, 1.82) is 0 Å². The predicted molar refractivity (Wildman–Crippen MR) is 65.3 cm³/mol. The molecule has 3 nitrogen and oxygen atoms in total. The van der Waals surface area contributed by atoms with Crippen molar-refractivity contribution >= 4 is 5.91 Å². The summed E-state index contributed by atoms with van der Waals surface area (Å²) in [6.07, 6.45) is -2.76. The number of likely N-dealkylation sites (tertiary alicyclic amines) is 1. The average Bonchev–Trinajstić information content (AvgIpc) is 3.18. The van der Waals surface area contributed by atoms with E-state index in [1.54, 1.807) is 4.90 Å². The van der Waals surface area contributed by atoms with Gasteiger partial charge >= 0.3 is 6.18 Å². The van der Waals surface area contributed by atoms with Crippen molar-refractivity contribution in [2.75, 3.05) is 19.7 Å². The number of carbonyl (C=O) groups is 1. The van der Waals surface area contributed by atoms with Crippen LogP contribution in [0.3, 0.4) is 0 Å². The van der Waals surface area contributed by atoms with Crippen molar-refractivity contribution in [2.24, 2.45) is 0 Å². The predicted octanol–water partition coefficient (Wildman–Crippen LogP) is 2.71. The number of epoxide rings is 1. The van der Waals surface area contributed by atoms with E-state index in [2.05, 4.69) is 0 Å². The van der Waals surface area contributed by atoms with Crippen molar-refractivity contribution < 1.29 is 22.7 Å². The average molecular weight is 285 g/mol. The van der Waals surface area contributed by atoms with Crippen LogP contribution in [-0.4, -0.2) is 36.1 Å². The summed E-state index contributed by atoms with van der Waals surface area (Å²) in [6, 6.07) is 4.37. The van der Waals surface area contributed by atoms with Crippen LogP contribution in [0.1, 0.15) is 28.8 Å². The largest absolute Gasteiger partial charge is 0.416 e. The maximum Gasteiger partial charge on any atom is 0.416 e. The standard InChI is InChI=1S/C14H14F3NO2/c15-14(16,17)11-3-1-10(2-4-11)12(19)18-7-5-13(6-8-18)9-20-13/h1-4H,5-9H2. The summed E-state index contributed by atoms with van der Waals surface area (Å²) in [5, 5.41) is 0. The topological polar surface area (TPSA) is 32.8 Å². The summed E-state index contributed by atoms with van der Waals surface area (Å²) >= 11 is 0. The highest BCUT2D eigenvalue weighted by atomic mass is 19.4. The lowest BCUT2D eigenvalue weighted by Crippen LogP contribution is -2.41.